The number of urea groups is 2. The van der Waals surface area contributed by atoms with Crippen molar-refractivity contribution in [3.05, 3.63) is 180 Å². The predicted molar refractivity (Wildman–Crippen MR) is 250 cm³/mol. The van der Waals surface area contributed by atoms with Gasteiger partial charge in [0, 0.05) is 44.5 Å². The maximum atomic E-state index is 15.4. The molecule has 0 saturated carbocycles. The van der Waals surface area contributed by atoms with Crippen LogP contribution in [-0.4, -0.2) is 38.4 Å². The van der Waals surface area contributed by atoms with Gasteiger partial charge in [0.05, 0.1) is 16.8 Å². The highest BCUT2D eigenvalue weighted by molar-refractivity contribution is 6.08. The Hall–Kier alpha value is -9.34. The number of H-pyrrole nitrogens is 2. The van der Waals surface area contributed by atoms with Gasteiger partial charge in [-0.25, -0.2) is 22.8 Å². The van der Waals surface area contributed by atoms with Crippen molar-refractivity contribution in [1.29, 1.82) is 0 Å². The van der Waals surface area contributed by atoms with E-state index in [1.165, 1.54) is 42.5 Å². The number of alkyl halides is 6. The third-order valence-electron chi connectivity index (χ3n) is 10.5. The molecule has 2 aromatic heterocycles. The molecular weight excluding hydrogens is 948 g/mol. The molecule has 71 heavy (non-hydrogen) atoms. The molecule has 0 aliphatic rings. The number of halogens is 9. The van der Waals surface area contributed by atoms with Gasteiger partial charge in [0.2, 0.25) is 0 Å². The zero-order valence-corrected chi connectivity index (χ0v) is 36.0. The number of nitrogens with zero attached hydrogens (tertiary/aromatic N) is 2. The molecule has 0 bridgehead atoms. The number of fused-ring (bicyclic) bond motifs is 2. The first-order valence-corrected chi connectivity index (χ1v) is 20.7. The first-order chi connectivity index (χ1) is 33.8. The summed E-state index contributed by atoms with van der Waals surface area (Å²) in [7, 11) is 0. The number of nitrogen functional groups attached to an aromatic ring is 1. The SMILES string of the molecule is Nc1n[nH]c2c(F)c(-c3ccc(NC(=O)Nc4cccc(C(F)(F)F)c4)cc3)ccc12.O=C(Nc1ccc(-c2ccc3c(NC(=O)c4ccccc4)n[nH]c3c2F)cc1)Nc1cc(C(F)(F)F)ccc1F. The monoisotopic (exact) mass is 980 g/mol. The minimum Gasteiger partial charge on any atom is -0.382 e. The number of carbonyl (C=O) groups is 3. The van der Waals surface area contributed by atoms with Gasteiger partial charge in [-0.05, 0) is 96.1 Å². The lowest BCUT2D eigenvalue weighted by molar-refractivity contribution is -0.138. The molecule has 5 amide bonds. The first-order valence-electron chi connectivity index (χ1n) is 20.7. The molecular formula is C49H33F9N10O3. The number of carbonyl (C=O) groups excluding carboxylic acids is 3. The van der Waals surface area contributed by atoms with Crippen LogP contribution in [0.4, 0.5) is 83.5 Å². The summed E-state index contributed by atoms with van der Waals surface area (Å²) in [5.41, 5.74) is 5.85. The number of nitrogens with one attached hydrogen (secondary N) is 7. The highest BCUT2D eigenvalue weighted by Crippen LogP contribution is 2.35. The summed E-state index contributed by atoms with van der Waals surface area (Å²) in [6.45, 7) is 0. The van der Waals surface area contributed by atoms with Crippen molar-refractivity contribution in [3.63, 3.8) is 0 Å². The summed E-state index contributed by atoms with van der Waals surface area (Å²) in [6, 6.07) is 31.3. The zero-order chi connectivity index (χ0) is 50.6. The summed E-state index contributed by atoms with van der Waals surface area (Å²) < 4.78 is 121. The Morgan fingerprint density at radius 3 is 1.61 bits per heavy atom. The molecule has 0 unspecified atom stereocenters. The summed E-state index contributed by atoms with van der Waals surface area (Å²) in [5, 5.41) is 25.7. The van der Waals surface area contributed by atoms with Gasteiger partial charge >= 0.3 is 24.4 Å². The van der Waals surface area contributed by atoms with Gasteiger partial charge in [0.15, 0.2) is 23.3 Å². The smallest absolute Gasteiger partial charge is 0.382 e. The van der Waals surface area contributed by atoms with Gasteiger partial charge in [-0.15, -0.1) is 0 Å². The number of aromatic nitrogens is 4. The lowest BCUT2D eigenvalue weighted by Gasteiger charge is -2.12. The maximum absolute atomic E-state index is 15.4. The van der Waals surface area contributed by atoms with Gasteiger partial charge in [0.25, 0.3) is 5.91 Å². The summed E-state index contributed by atoms with van der Waals surface area (Å²) in [4.78, 5) is 36.8. The molecule has 0 spiro atoms. The van der Waals surface area contributed by atoms with Crippen molar-refractivity contribution in [1.82, 2.24) is 20.4 Å². The molecule has 13 nitrogen and oxygen atoms in total. The fourth-order valence-corrected chi connectivity index (χ4v) is 7.06. The van der Waals surface area contributed by atoms with Crippen LogP contribution < -0.4 is 32.3 Å². The molecule has 0 radical (unpaired) electrons. The fourth-order valence-electron chi connectivity index (χ4n) is 7.06. The minimum atomic E-state index is -4.71. The van der Waals surface area contributed by atoms with Crippen molar-refractivity contribution in [3.8, 4) is 22.3 Å². The number of anilines is 6. The standard InChI is InChI=1S/C28H18F5N5O2.C21H15F4N5O/c29-21-13-8-17(28(31,32)33)14-22(21)35-27(40)34-18-9-6-15(7-10-18)19-11-12-20-24(23(19)30)37-38-25(20)36-26(39)16-4-2-1-3-5-16;22-17-15(8-9-16-18(17)29-30-19(16)26)11-4-6-13(7-5-11)27-20(31)28-14-3-1-2-12(10-14)21(23,24)25/h1-14H,(H2,34,35,40)(H2,36,37,38,39);1-10H,(H3,26,29,30)(H2,27,28,31). The number of hydrogen-bond donors (Lipinski definition) is 8. The Balaban J connectivity index is 0.000000197. The van der Waals surface area contributed by atoms with Gasteiger partial charge in [0.1, 0.15) is 16.9 Å². The Kier molecular flexibility index (Phi) is 13.4. The van der Waals surface area contributed by atoms with E-state index in [-0.39, 0.29) is 39.6 Å². The van der Waals surface area contributed by atoms with Crippen LogP contribution in [0.5, 0.6) is 0 Å². The van der Waals surface area contributed by atoms with Crippen LogP contribution in [0.3, 0.4) is 0 Å². The van der Waals surface area contributed by atoms with E-state index in [1.807, 2.05) is 5.32 Å². The molecule has 0 saturated heterocycles. The van der Waals surface area contributed by atoms with E-state index in [9.17, 15) is 49.5 Å². The van der Waals surface area contributed by atoms with Crippen LogP contribution in [-0.2, 0) is 12.4 Å². The molecule has 0 atom stereocenters. The molecule has 0 fully saturated rings. The Morgan fingerprint density at radius 2 is 1.01 bits per heavy atom. The van der Waals surface area contributed by atoms with Gasteiger partial charge in [-0.3, -0.25) is 15.0 Å². The molecule has 2 heterocycles. The van der Waals surface area contributed by atoms with E-state index in [0.29, 0.717) is 56.9 Å². The van der Waals surface area contributed by atoms with Crippen LogP contribution in [0.2, 0.25) is 0 Å². The largest absolute Gasteiger partial charge is 0.416 e. The number of nitrogens with two attached hydrogens (primary N) is 1. The van der Waals surface area contributed by atoms with Crippen LogP contribution in [0, 0.1) is 17.5 Å². The lowest BCUT2D eigenvalue weighted by atomic mass is 10.0. The number of amides is 5. The number of hydrogen-bond acceptors (Lipinski definition) is 6. The van der Waals surface area contributed by atoms with Crippen molar-refractivity contribution < 1.29 is 53.9 Å². The average Bonchev–Trinajstić information content (AvgIpc) is 3.94. The lowest BCUT2D eigenvalue weighted by Crippen LogP contribution is -2.20. The van der Waals surface area contributed by atoms with Crippen molar-refractivity contribution in [2.24, 2.45) is 0 Å². The van der Waals surface area contributed by atoms with Crippen molar-refractivity contribution in [2.45, 2.75) is 12.4 Å². The third kappa shape index (κ3) is 11.0. The first kappa shape index (κ1) is 48.1. The second kappa shape index (κ2) is 19.7. The topological polar surface area (TPSA) is 195 Å². The molecule has 9 aromatic rings. The quantitative estimate of drug-likeness (QED) is 0.0698. The summed E-state index contributed by atoms with van der Waals surface area (Å²) in [6.07, 6.45) is -9.22. The van der Waals surface area contributed by atoms with Crippen LogP contribution in [0.1, 0.15) is 21.5 Å². The van der Waals surface area contributed by atoms with Crippen molar-refractivity contribution in [2.75, 3.05) is 32.3 Å². The van der Waals surface area contributed by atoms with Gasteiger partial charge in [-0.1, -0.05) is 60.7 Å². The van der Waals surface area contributed by atoms with E-state index in [2.05, 4.69) is 41.7 Å². The normalized spacial score (nSPS) is 11.4. The highest BCUT2D eigenvalue weighted by Gasteiger charge is 2.32. The Labute approximate surface area is 394 Å². The third-order valence-corrected chi connectivity index (χ3v) is 10.5. The average molecular weight is 981 g/mol. The van der Waals surface area contributed by atoms with E-state index in [1.54, 1.807) is 72.8 Å². The predicted octanol–water partition coefficient (Wildman–Crippen LogP) is 13.0. The van der Waals surface area contributed by atoms with Gasteiger partial charge < -0.3 is 32.3 Å². The van der Waals surface area contributed by atoms with Crippen LogP contribution >= 0.6 is 0 Å². The molecule has 0 aliphatic carbocycles. The van der Waals surface area contributed by atoms with Gasteiger partial charge in [-0.2, -0.15) is 36.5 Å². The highest BCUT2D eigenvalue weighted by atomic mass is 19.4. The molecule has 9 rings (SSSR count). The Bertz CT molecular complexity index is 3430. The van der Waals surface area contributed by atoms with E-state index in [4.69, 9.17) is 5.73 Å². The van der Waals surface area contributed by atoms with E-state index < -0.39 is 64.6 Å². The number of benzene rings is 7. The molecule has 22 heteroatoms. The number of rotatable bonds is 8. The minimum absolute atomic E-state index is 0.00171. The Morgan fingerprint density at radius 1 is 0.493 bits per heavy atom. The maximum Gasteiger partial charge on any atom is 0.416 e. The zero-order valence-electron chi connectivity index (χ0n) is 36.0. The van der Waals surface area contributed by atoms with E-state index in [0.717, 1.165) is 12.1 Å². The second-order valence-corrected chi connectivity index (χ2v) is 15.3. The van der Waals surface area contributed by atoms with Crippen LogP contribution in [0.25, 0.3) is 44.1 Å². The van der Waals surface area contributed by atoms with Crippen molar-refractivity contribution >= 4 is 74.2 Å². The molecule has 7 aromatic carbocycles. The summed E-state index contributed by atoms with van der Waals surface area (Å²) >= 11 is 0. The summed E-state index contributed by atoms with van der Waals surface area (Å²) in [5.74, 6) is -2.20. The van der Waals surface area contributed by atoms with Crippen LogP contribution in [0.15, 0.2) is 146 Å². The molecule has 9 N–H and O–H groups in total. The second-order valence-electron chi connectivity index (χ2n) is 15.3. The molecule has 360 valence electrons. The fraction of sp³-hybridized carbons (Fsp3) is 0.0408. The molecule has 0 aliphatic heterocycles. The number of aromatic amines is 2. The van der Waals surface area contributed by atoms with E-state index >= 15 is 4.39 Å².